The molecule has 34 heavy (non-hydrogen) atoms. The van der Waals surface area contributed by atoms with Gasteiger partial charge in [0.05, 0.1) is 17.9 Å². The van der Waals surface area contributed by atoms with Gasteiger partial charge in [0.25, 0.3) is 0 Å². The van der Waals surface area contributed by atoms with Gasteiger partial charge in [0.1, 0.15) is 5.75 Å². The number of amides is 1. The second kappa shape index (κ2) is 12.3. The fourth-order valence-corrected chi connectivity index (χ4v) is 6.14. The molecule has 3 rings (SSSR count). The monoisotopic (exact) mass is 492 g/mol. The molecule has 0 heterocycles. The van der Waals surface area contributed by atoms with Gasteiger partial charge >= 0.3 is 12.1 Å². The van der Waals surface area contributed by atoms with Crippen molar-refractivity contribution < 1.29 is 19.1 Å². The SMILES string of the molecule is CCOC(=O)NCC1(CC(=O)Oc2cccc([C@]3(Cl)CCCC[C@@H]3CN(C)C)c2)CCCCC1. The minimum Gasteiger partial charge on any atom is -0.450 e. The van der Waals surface area contributed by atoms with Crippen LogP contribution in [0.25, 0.3) is 0 Å². The van der Waals surface area contributed by atoms with Crippen LogP contribution in [0.2, 0.25) is 0 Å². The maximum absolute atomic E-state index is 13.0. The van der Waals surface area contributed by atoms with Gasteiger partial charge in [-0.1, -0.05) is 44.2 Å². The lowest BCUT2D eigenvalue weighted by molar-refractivity contribution is -0.137. The summed E-state index contributed by atoms with van der Waals surface area (Å²) in [5, 5.41) is 2.85. The van der Waals surface area contributed by atoms with E-state index in [0.717, 1.165) is 63.5 Å². The zero-order valence-corrected chi connectivity index (χ0v) is 21.8. The standard InChI is InChI=1S/C27H41ClN2O4/c1-4-33-25(32)29-20-26(14-7-5-8-15-26)18-24(31)34-23-13-10-12-21(17-23)27(28)16-9-6-11-22(27)19-30(2)3/h10,12-13,17,22H,4-9,11,14-16,18-20H2,1-3H3,(H,29,32)/t22-,27-/m1/s1. The number of carbonyl (C=O) groups is 2. The third-order valence-electron chi connectivity index (χ3n) is 7.44. The molecule has 1 amide bonds. The van der Waals surface area contributed by atoms with Gasteiger partial charge < -0.3 is 19.7 Å². The smallest absolute Gasteiger partial charge is 0.407 e. The van der Waals surface area contributed by atoms with E-state index in [4.69, 9.17) is 21.1 Å². The summed E-state index contributed by atoms with van der Waals surface area (Å²) in [5.41, 5.74) is 0.746. The normalized spacial score (nSPS) is 24.4. The number of esters is 1. The van der Waals surface area contributed by atoms with Gasteiger partial charge in [-0.05, 0) is 75.7 Å². The molecule has 1 aromatic rings. The summed E-state index contributed by atoms with van der Waals surface area (Å²) in [6.07, 6.45) is 9.22. The predicted molar refractivity (Wildman–Crippen MR) is 135 cm³/mol. The van der Waals surface area contributed by atoms with Crippen LogP contribution in [0, 0.1) is 11.3 Å². The highest BCUT2D eigenvalue weighted by molar-refractivity contribution is 6.24. The number of hydrogen-bond donors (Lipinski definition) is 1. The molecule has 0 aromatic heterocycles. The molecule has 7 heteroatoms. The maximum Gasteiger partial charge on any atom is 0.407 e. The number of nitrogens with one attached hydrogen (secondary N) is 1. The van der Waals surface area contributed by atoms with Crippen molar-refractivity contribution in [3.8, 4) is 5.75 Å². The van der Waals surface area contributed by atoms with Crippen molar-refractivity contribution in [1.82, 2.24) is 10.2 Å². The predicted octanol–water partition coefficient (Wildman–Crippen LogP) is 5.86. The Morgan fingerprint density at radius 1 is 1.12 bits per heavy atom. The quantitative estimate of drug-likeness (QED) is 0.265. The van der Waals surface area contributed by atoms with Crippen LogP contribution in [0.1, 0.15) is 76.7 Å². The van der Waals surface area contributed by atoms with Gasteiger partial charge in [-0.25, -0.2) is 4.79 Å². The molecule has 0 bridgehead atoms. The van der Waals surface area contributed by atoms with Crippen molar-refractivity contribution in [2.75, 3.05) is 33.8 Å². The van der Waals surface area contributed by atoms with Gasteiger partial charge in [-0.3, -0.25) is 4.79 Å². The number of ether oxygens (including phenoxy) is 2. The number of carbonyl (C=O) groups excluding carboxylic acids is 2. The van der Waals surface area contributed by atoms with E-state index in [1.807, 2.05) is 18.2 Å². The van der Waals surface area contributed by atoms with Crippen LogP contribution < -0.4 is 10.1 Å². The van der Waals surface area contributed by atoms with Gasteiger partial charge in [-0.15, -0.1) is 11.6 Å². The molecule has 1 N–H and O–H groups in total. The Kier molecular flexibility index (Phi) is 9.66. The van der Waals surface area contributed by atoms with Crippen molar-refractivity contribution in [3.05, 3.63) is 29.8 Å². The fourth-order valence-electron chi connectivity index (χ4n) is 5.71. The number of rotatable bonds is 9. The second-order valence-electron chi connectivity index (χ2n) is 10.4. The van der Waals surface area contributed by atoms with E-state index in [9.17, 15) is 9.59 Å². The van der Waals surface area contributed by atoms with E-state index in [0.29, 0.717) is 24.8 Å². The fraction of sp³-hybridized carbons (Fsp3) is 0.704. The first kappa shape index (κ1) is 26.8. The van der Waals surface area contributed by atoms with Crippen molar-refractivity contribution in [2.45, 2.75) is 76.0 Å². The van der Waals surface area contributed by atoms with Crippen molar-refractivity contribution in [2.24, 2.45) is 11.3 Å². The molecule has 2 saturated carbocycles. The second-order valence-corrected chi connectivity index (χ2v) is 11.1. The van der Waals surface area contributed by atoms with Gasteiger partial charge in [-0.2, -0.15) is 0 Å². The molecular weight excluding hydrogens is 452 g/mol. The van der Waals surface area contributed by atoms with Crippen LogP contribution in [-0.4, -0.2) is 50.8 Å². The Hall–Kier alpha value is -1.79. The molecule has 0 aliphatic heterocycles. The minimum absolute atomic E-state index is 0.262. The molecule has 190 valence electrons. The zero-order valence-electron chi connectivity index (χ0n) is 21.0. The molecule has 2 fully saturated rings. The summed E-state index contributed by atoms with van der Waals surface area (Å²) in [6, 6.07) is 7.77. The summed E-state index contributed by atoms with van der Waals surface area (Å²) in [6.45, 7) is 3.47. The summed E-state index contributed by atoms with van der Waals surface area (Å²) in [7, 11) is 4.17. The summed E-state index contributed by atoms with van der Waals surface area (Å²) >= 11 is 7.27. The lowest BCUT2D eigenvalue weighted by Crippen LogP contribution is -2.41. The minimum atomic E-state index is -0.445. The van der Waals surface area contributed by atoms with E-state index in [2.05, 4.69) is 30.4 Å². The zero-order chi connectivity index (χ0) is 24.6. The molecule has 2 aliphatic carbocycles. The number of alkyl halides is 1. The maximum atomic E-state index is 13.0. The van der Waals surface area contributed by atoms with Crippen molar-refractivity contribution >= 4 is 23.7 Å². The molecular formula is C27H41ClN2O4. The molecule has 2 aliphatic rings. The first-order valence-corrected chi connectivity index (χ1v) is 13.2. The van der Waals surface area contributed by atoms with E-state index in [-0.39, 0.29) is 17.8 Å². The highest BCUT2D eigenvalue weighted by Crippen LogP contribution is 2.48. The summed E-state index contributed by atoms with van der Waals surface area (Å²) < 4.78 is 10.8. The third-order valence-corrected chi connectivity index (χ3v) is 8.15. The Morgan fingerprint density at radius 2 is 1.85 bits per heavy atom. The third kappa shape index (κ3) is 7.11. The van der Waals surface area contributed by atoms with Crippen LogP contribution in [0.5, 0.6) is 5.75 Å². The largest absolute Gasteiger partial charge is 0.450 e. The Morgan fingerprint density at radius 3 is 2.56 bits per heavy atom. The van der Waals surface area contributed by atoms with Crippen LogP contribution in [-0.2, 0) is 14.4 Å². The lowest BCUT2D eigenvalue weighted by atomic mass is 9.71. The molecule has 0 saturated heterocycles. The number of halogens is 1. The lowest BCUT2D eigenvalue weighted by Gasteiger charge is -2.41. The highest BCUT2D eigenvalue weighted by Gasteiger charge is 2.41. The molecule has 0 spiro atoms. The Labute approximate surface area is 209 Å². The number of nitrogens with zero attached hydrogens (tertiary/aromatic N) is 1. The van der Waals surface area contributed by atoms with E-state index >= 15 is 0 Å². The first-order chi connectivity index (χ1) is 16.3. The van der Waals surface area contributed by atoms with Gasteiger partial charge in [0, 0.05) is 13.1 Å². The molecule has 1 aromatic carbocycles. The van der Waals surface area contributed by atoms with E-state index in [1.54, 1.807) is 6.92 Å². The highest BCUT2D eigenvalue weighted by atomic mass is 35.5. The first-order valence-electron chi connectivity index (χ1n) is 12.8. The molecule has 0 radical (unpaired) electrons. The van der Waals surface area contributed by atoms with Crippen molar-refractivity contribution in [1.29, 1.82) is 0 Å². The summed E-state index contributed by atoms with van der Waals surface area (Å²) in [5.74, 6) is 0.631. The van der Waals surface area contributed by atoms with Crippen LogP contribution in [0.3, 0.4) is 0 Å². The average molecular weight is 493 g/mol. The molecule has 6 nitrogen and oxygen atoms in total. The topological polar surface area (TPSA) is 67.9 Å². The Balaban J connectivity index is 1.69. The number of benzene rings is 1. The van der Waals surface area contributed by atoms with Crippen LogP contribution in [0.4, 0.5) is 4.79 Å². The molecule has 0 unspecified atom stereocenters. The van der Waals surface area contributed by atoms with Gasteiger partial charge in [0.15, 0.2) is 0 Å². The number of alkyl carbamates (subject to hydrolysis) is 1. The average Bonchev–Trinajstić information content (AvgIpc) is 2.80. The van der Waals surface area contributed by atoms with E-state index in [1.165, 1.54) is 6.42 Å². The summed E-state index contributed by atoms with van der Waals surface area (Å²) in [4.78, 5) is 26.6. The van der Waals surface area contributed by atoms with Crippen molar-refractivity contribution in [3.63, 3.8) is 0 Å². The van der Waals surface area contributed by atoms with Crippen LogP contribution >= 0.6 is 11.6 Å². The van der Waals surface area contributed by atoms with Crippen LogP contribution in [0.15, 0.2) is 24.3 Å². The Bertz CT molecular complexity index is 825. The molecule has 2 atom stereocenters. The van der Waals surface area contributed by atoms with Gasteiger partial charge in [0.2, 0.25) is 0 Å². The van der Waals surface area contributed by atoms with E-state index < -0.39 is 11.0 Å². The number of hydrogen-bond acceptors (Lipinski definition) is 5.